The van der Waals surface area contributed by atoms with Gasteiger partial charge >= 0.3 is 0 Å². The lowest BCUT2D eigenvalue weighted by molar-refractivity contribution is 0.459. The highest BCUT2D eigenvalue weighted by Gasteiger charge is 2.11. The Kier molecular flexibility index (Phi) is 4.01. The number of benzene rings is 1. The number of pyridine rings is 1. The summed E-state index contributed by atoms with van der Waals surface area (Å²) in [6.45, 7) is 1.85. The van der Waals surface area contributed by atoms with Crippen LogP contribution >= 0.6 is 15.9 Å². The quantitative estimate of drug-likeness (QED) is 0.913. The van der Waals surface area contributed by atoms with E-state index in [0.29, 0.717) is 21.8 Å². The van der Waals surface area contributed by atoms with Crippen LogP contribution < -0.4 is 10.5 Å². The summed E-state index contributed by atoms with van der Waals surface area (Å²) in [6.07, 6.45) is 2.67. The van der Waals surface area contributed by atoms with Gasteiger partial charge in [0.1, 0.15) is 5.75 Å². The molecule has 0 saturated heterocycles. The number of hydrogen-bond acceptors (Lipinski definition) is 5. The van der Waals surface area contributed by atoms with Gasteiger partial charge in [0.25, 0.3) is 0 Å². The Morgan fingerprint density at radius 1 is 1.25 bits per heavy atom. The molecule has 0 unspecified atom stereocenters. The highest BCUT2D eigenvalue weighted by molar-refractivity contribution is 9.10. The fraction of sp³-hybridized carbons (Fsp3) is 0.154. The number of halogens is 1. The van der Waals surface area contributed by atoms with Gasteiger partial charge in [0.2, 0.25) is 5.88 Å². The first kappa shape index (κ1) is 14.8. The molecule has 0 amide bonds. The average Bonchev–Trinajstić information content (AvgIpc) is 2.39. The number of nitrogens with two attached hydrogens (primary N) is 1. The fourth-order valence-electron chi connectivity index (χ4n) is 1.51. The maximum Gasteiger partial charge on any atom is 0.233 e. The van der Waals surface area contributed by atoms with Gasteiger partial charge in [-0.05, 0) is 52.7 Å². The summed E-state index contributed by atoms with van der Waals surface area (Å²) in [7, 11) is -3.21. The zero-order valence-corrected chi connectivity index (χ0v) is 13.3. The van der Waals surface area contributed by atoms with Crippen LogP contribution in [0.5, 0.6) is 11.6 Å². The van der Waals surface area contributed by atoms with E-state index in [1.807, 2.05) is 6.92 Å². The van der Waals surface area contributed by atoms with Crippen molar-refractivity contribution in [2.75, 3.05) is 12.0 Å². The molecule has 7 heteroatoms. The normalized spacial score (nSPS) is 11.3. The molecular weight excluding hydrogens is 344 g/mol. The number of nitrogen functional groups attached to an aromatic ring is 1. The number of nitrogens with zero attached hydrogens (tertiary/aromatic N) is 1. The standard InChI is InChI=1S/C13H13BrN2O3S/c1-8-11(15)7-16-13(12(8)14)19-9-3-5-10(6-4-9)20(2,17)18/h3-7H,15H2,1-2H3. The Balaban J connectivity index is 2.30. The molecule has 20 heavy (non-hydrogen) atoms. The number of rotatable bonds is 3. The molecule has 0 spiro atoms. The molecule has 1 aromatic carbocycles. The summed E-state index contributed by atoms with van der Waals surface area (Å²) < 4.78 is 29.0. The van der Waals surface area contributed by atoms with E-state index in [0.717, 1.165) is 11.8 Å². The van der Waals surface area contributed by atoms with Gasteiger partial charge in [-0.1, -0.05) is 0 Å². The summed E-state index contributed by atoms with van der Waals surface area (Å²) in [5.74, 6) is 0.874. The molecule has 5 nitrogen and oxygen atoms in total. The second-order valence-electron chi connectivity index (χ2n) is 4.30. The summed E-state index contributed by atoms with van der Waals surface area (Å²) in [5.41, 5.74) is 7.14. The predicted molar refractivity (Wildman–Crippen MR) is 80.7 cm³/mol. The first-order chi connectivity index (χ1) is 9.29. The lowest BCUT2D eigenvalue weighted by Gasteiger charge is -2.10. The molecule has 0 aliphatic rings. The van der Waals surface area contributed by atoms with Crippen LogP contribution in [0.25, 0.3) is 0 Å². The number of hydrogen-bond donors (Lipinski definition) is 1. The summed E-state index contributed by atoms with van der Waals surface area (Å²) >= 11 is 3.37. The number of ether oxygens (including phenoxy) is 1. The van der Waals surface area contributed by atoms with Gasteiger partial charge in [-0.25, -0.2) is 13.4 Å². The second-order valence-corrected chi connectivity index (χ2v) is 7.11. The highest BCUT2D eigenvalue weighted by Crippen LogP contribution is 2.32. The summed E-state index contributed by atoms with van der Waals surface area (Å²) in [6, 6.07) is 6.14. The van der Waals surface area contributed by atoms with E-state index in [9.17, 15) is 8.42 Å². The van der Waals surface area contributed by atoms with Crippen LogP contribution in [0.4, 0.5) is 5.69 Å². The van der Waals surface area contributed by atoms with Gasteiger partial charge in [-0.3, -0.25) is 0 Å². The molecule has 0 radical (unpaired) electrons. The van der Waals surface area contributed by atoms with E-state index in [1.54, 1.807) is 12.1 Å². The average molecular weight is 357 g/mol. The first-order valence-electron chi connectivity index (χ1n) is 5.67. The minimum absolute atomic E-state index is 0.241. The minimum Gasteiger partial charge on any atom is -0.438 e. The lowest BCUT2D eigenvalue weighted by Crippen LogP contribution is -1.98. The van der Waals surface area contributed by atoms with Crippen LogP contribution in [-0.4, -0.2) is 19.7 Å². The largest absolute Gasteiger partial charge is 0.438 e. The highest BCUT2D eigenvalue weighted by atomic mass is 79.9. The van der Waals surface area contributed by atoms with Crippen LogP contribution in [0.2, 0.25) is 0 Å². The molecular formula is C13H13BrN2O3S. The van der Waals surface area contributed by atoms with Gasteiger partial charge in [0.15, 0.2) is 9.84 Å². The number of aromatic nitrogens is 1. The Labute approximate surface area is 125 Å². The Hall–Kier alpha value is -1.60. The van der Waals surface area contributed by atoms with Crippen molar-refractivity contribution in [3.8, 4) is 11.6 Å². The summed E-state index contributed by atoms with van der Waals surface area (Å²) in [5, 5.41) is 0. The van der Waals surface area contributed by atoms with E-state index in [4.69, 9.17) is 10.5 Å². The smallest absolute Gasteiger partial charge is 0.233 e. The van der Waals surface area contributed by atoms with E-state index in [-0.39, 0.29) is 4.90 Å². The Morgan fingerprint density at radius 3 is 2.40 bits per heavy atom. The van der Waals surface area contributed by atoms with Gasteiger partial charge in [0, 0.05) is 6.26 Å². The second kappa shape index (κ2) is 5.41. The third-order valence-corrected chi connectivity index (χ3v) is 4.80. The third kappa shape index (κ3) is 3.10. The monoisotopic (exact) mass is 356 g/mol. The molecule has 0 saturated carbocycles. The van der Waals surface area contributed by atoms with Crippen molar-refractivity contribution in [3.63, 3.8) is 0 Å². The Morgan fingerprint density at radius 2 is 1.85 bits per heavy atom. The van der Waals surface area contributed by atoms with E-state index >= 15 is 0 Å². The maximum atomic E-state index is 11.4. The third-order valence-electron chi connectivity index (χ3n) is 2.74. The molecule has 0 aliphatic heterocycles. The zero-order chi connectivity index (χ0) is 14.9. The molecule has 2 N–H and O–H groups in total. The Bertz CT molecular complexity index is 743. The molecule has 0 atom stereocenters. The molecule has 0 bridgehead atoms. The topological polar surface area (TPSA) is 82.3 Å². The van der Waals surface area contributed by atoms with Crippen molar-refractivity contribution in [3.05, 3.63) is 40.5 Å². The molecule has 2 aromatic rings. The van der Waals surface area contributed by atoms with Gasteiger partial charge in [-0.2, -0.15) is 0 Å². The van der Waals surface area contributed by atoms with Crippen LogP contribution in [0.3, 0.4) is 0 Å². The molecule has 2 rings (SSSR count). The number of anilines is 1. The van der Waals surface area contributed by atoms with Crippen molar-refractivity contribution in [2.45, 2.75) is 11.8 Å². The van der Waals surface area contributed by atoms with Crippen molar-refractivity contribution in [2.24, 2.45) is 0 Å². The molecule has 0 aliphatic carbocycles. The maximum absolute atomic E-state index is 11.4. The van der Waals surface area contributed by atoms with Gasteiger partial charge < -0.3 is 10.5 Å². The van der Waals surface area contributed by atoms with E-state index in [1.165, 1.54) is 18.3 Å². The van der Waals surface area contributed by atoms with Crippen molar-refractivity contribution < 1.29 is 13.2 Å². The van der Waals surface area contributed by atoms with Crippen molar-refractivity contribution >= 4 is 31.5 Å². The summed E-state index contributed by atoms with van der Waals surface area (Å²) in [4.78, 5) is 4.33. The van der Waals surface area contributed by atoms with Crippen molar-refractivity contribution in [1.29, 1.82) is 0 Å². The predicted octanol–water partition coefficient (Wildman–Crippen LogP) is 2.93. The van der Waals surface area contributed by atoms with Gasteiger partial charge in [-0.15, -0.1) is 0 Å². The number of sulfone groups is 1. The SMILES string of the molecule is Cc1c(N)cnc(Oc2ccc(S(C)(=O)=O)cc2)c1Br. The minimum atomic E-state index is -3.21. The van der Waals surface area contributed by atoms with Crippen LogP contribution in [-0.2, 0) is 9.84 Å². The zero-order valence-electron chi connectivity index (χ0n) is 10.9. The first-order valence-corrected chi connectivity index (χ1v) is 8.36. The van der Waals surface area contributed by atoms with Crippen LogP contribution in [0.15, 0.2) is 39.8 Å². The van der Waals surface area contributed by atoms with Crippen LogP contribution in [0, 0.1) is 6.92 Å². The van der Waals surface area contributed by atoms with Crippen LogP contribution in [0.1, 0.15) is 5.56 Å². The van der Waals surface area contributed by atoms with E-state index < -0.39 is 9.84 Å². The molecule has 1 heterocycles. The van der Waals surface area contributed by atoms with Gasteiger partial charge in [0.05, 0.1) is 21.3 Å². The van der Waals surface area contributed by atoms with E-state index in [2.05, 4.69) is 20.9 Å². The molecule has 106 valence electrons. The fourth-order valence-corrected chi connectivity index (χ4v) is 2.55. The van der Waals surface area contributed by atoms with Crippen molar-refractivity contribution in [1.82, 2.24) is 4.98 Å². The molecule has 0 fully saturated rings. The molecule has 1 aromatic heterocycles. The lowest BCUT2D eigenvalue weighted by atomic mass is 10.2.